The van der Waals surface area contributed by atoms with Crippen LogP contribution >= 0.6 is 0 Å². The van der Waals surface area contributed by atoms with E-state index in [-0.39, 0.29) is 0 Å². The Morgan fingerprint density at radius 2 is 2.50 bits per heavy atom. The zero-order valence-corrected chi connectivity index (χ0v) is 5.74. The molecule has 0 aromatic rings. The Balaban J connectivity index is 3.62. The summed E-state index contributed by atoms with van der Waals surface area (Å²) >= 11 is 0. The summed E-state index contributed by atoms with van der Waals surface area (Å²) in [6, 6.07) is 0. The summed E-state index contributed by atoms with van der Waals surface area (Å²) in [7, 11) is 0. The highest BCUT2D eigenvalue weighted by Crippen LogP contribution is 1.97. The first kappa shape index (κ1) is 9.13. The van der Waals surface area contributed by atoms with Gasteiger partial charge >= 0.3 is 5.97 Å². The van der Waals surface area contributed by atoms with Gasteiger partial charge in [-0.25, -0.2) is 10.1 Å². The Morgan fingerprint density at radius 3 is 2.80 bits per heavy atom. The quantitative estimate of drug-likeness (QED) is 0.211. The van der Waals surface area contributed by atoms with Gasteiger partial charge in [-0.15, -0.1) is 0 Å². The van der Waals surface area contributed by atoms with E-state index in [2.05, 4.69) is 16.2 Å². The number of rotatable bonds is 4. The standard InChI is InChI=1S/C6H10O4/c1-3-5(7)9-6(4-2)10-8/h3,6,8H,1,4H2,2H3. The molecule has 1 atom stereocenters. The van der Waals surface area contributed by atoms with Crippen molar-refractivity contribution in [2.75, 3.05) is 0 Å². The molecule has 0 heterocycles. The van der Waals surface area contributed by atoms with Gasteiger partial charge in [-0.3, -0.25) is 0 Å². The van der Waals surface area contributed by atoms with E-state index in [1.54, 1.807) is 6.92 Å². The number of ether oxygens (including phenoxy) is 1. The smallest absolute Gasteiger partial charge is 0.332 e. The number of hydrogen-bond acceptors (Lipinski definition) is 4. The fourth-order valence-corrected chi connectivity index (χ4v) is 0.357. The number of esters is 1. The molecule has 4 heteroatoms. The van der Waals surface area contributed by atoms with Crippen molar-refractivity contribution in [3.63, 3.8) is 0 Å². The second kappa shape index (κ2) is 4.96. The van der Waals surface area contributed by atoms with Gasteiger partial charge in [0.05, 0.1) is 0 Å². The third-order valence-corrected chi connectivity index (χ3v) is 0.865. The Morgan fingerprint density at radius 1 is 1.90 bits per heavy atom. The molecule has 0 radical (unpaired) electrons. The summed E-state index contributed by atoms with van der Waals surface area (Å²) in [5, 5.41) is 8.06. The van der Waals surface area contributed by atoms with Crippen molar-refractivity contribution in [2.24, 2.45) is 0 Å². The van der Waals surface area contributed by atoms with Gasteiger partial charge in [-0.1, -0.05) is 13.5 Å². The number of hydrogen-bond donors (Lipinski definition) is 1. The van der Waals surface area contributed by atoms with E-state index in [0.717, 1.165) is 6.08 Å². The largest absolute Gasteiger partial charge is 0.430 e. The summed E-state index contributed by atoms with van der Waals surface area (Å²) in [6.45, 7) is 4.88. The predicted octanol–water partition coefficient (Wildman–Crippen LogP) is 0.941. The van der Waals surface area contributed by atoms with Crippen molar-refractivity contribution in [1.29, 1.82) is 0 Å². The van der Waals surface area contributed by atoms with Crippen LogP contribution in [0.3, 0.4) is 0 Å². The molecule has 0 aromatic heterocycles. The molecule has 0 rings (SSSR count). The molecule has 4 nitrogen and oxygen atoms in total. The summed E-state index contributed by atoms with van der Waals surface area (Å²) in [5.74, 6) is -0.610. The van der Waals surface area contributed by atoms with E-state index in [9.17, 15) is 4.79 Å². The minimum absolute atomic E-state index is 0.399. The third-order valence-electron chi connectivity index (χ3n) is 0.865. The average Bonchev–Trinajstić information content (AvgIpc) is 1.99. The maximum Gasteiger partial charge on any atom is 0.332 e. The SMILES string of the molecule is C=CC(=O)OC(CC)OO. The van der Waals surface area contributed by atoms with Crippen molar-refractivity contribution in [3.8, 4) is 0 Å². The second-order valence-corrected chi connectivity index (χ2v) is 1.58. The molecular formula is C6H10O4. The van der Waals surface area contributed by atoms with Crippen molar-refractivity contribution in [1.82, 2.24) is 0 Å². The van der Waals surface area contributed by atoms with Crippen molar-refractivity contribution >= 4 is 5.97 Å². The molecule has 58 valence electrons. The molecule has 0 saturated carbocycles. The van der Waals surface area contributed by atoms with E-state index < -0.39 is 12.3 Å². The molecule has 0 aliphatic rings. The van der Waals surface area contributed by atoms with Crippen LogP contribution < -0.4 is 0 Å². The van der Waals surface area contributed by atoms with Crippen molar-refractivity contribution < 1.29 is 19.7 Å². The van der Waals surface area contributed by atoms with Gasteiger partial charge in [-0.05, 0) is 0 Å². The lowest BCUT2D eigenvalue weighted by Crippen LogP contribution is -2.17. The van der Waals surface area contributed by atoms with Crippen LogP contribution in [0, 0.1) is 0 Å². The second-order valence-electron chi connectivity index (χ2n) is 1.58. The van der Waals surface area contributed by atoms with Crippen molar-refractivity contribution in [3.05, 3.63) is 12.7 Å². The molecule has 0 aliphatic heterocycles. The van der Waals surface area contributed by atoms with Gasteiger partial charge < -0.3 is 4.74 Å². The predicted molar refractivity (Wildman–Crippen MR) is 34.1 cm³/mol. The van der Waals surface area contributed by atoms with Crippen LogP contribution in [0.2, 0.25) is 0 Å². The third kappa shape index (κ3) is 3.21. The number of carbonyl (C=O) groups excluding carboxylic acids is 1. The van der Waals surface area contributed by atoms with Crippen LogP contribution in [0.25, 0.3) is 0 Å². The van der Waals surface area contributed by atoms with E-state index in [0.29, 0.717) is 6.42 Å². The molecule has 0 bridgehead atoms. The van der Waals surface area contributed by atoms with Crippen LogP contribution in [0.4, 0.5) is 0 Å². The zero-order chi connectivity index (χ0) is 7.98. The van der Waals surface area contributed by atoms with E-state index in [1.165, 1.54) is 0 Å². The molecule has 10 heavy (non-hydrogen) atoms. The van der Waals surface area contributed by atoms with Gasteiger partial charge in [-0.2, -0.15) is 4.89 Å². The van der Waals surface area contributed by atoms with E-state index in [1.807, 2.05) is 0 Å². The van der Waals surface area contributed by atoms with Crippen LogP contribution in [-0.2, 0) is 14.4 Å². The van der Waals surface area contributed by atoms with Crippen LogP contribution in [0.5, 0.6) is 0 Å². The summed E-state index contributed by atoms with van der Waals surface area (Å²) in [4.78, 5) is 14.2. The highest BCUT2D eigenvalue weighted by atomic mass is 17.1. The molecular weight excluding hydrogens is 136 g/mol. The molecule has 1 unspecified atom stereocenters. The first-order valence-electron chi connectivity index (χ1n) is 2.87. The maximum absolute atomic E-state index is 10.4. The lowest BCUT2D eigenvalue weighted by atomic mass is 10.5. The molecule has 0 spiro atoms. The van der Waals surface area contributed by atoms with Gasteiger partial charge in [0.25, 0.3) is 0 Å². The first-order chi connectivity index (χ1) is 4.74. The van der Waals surface area contributed by atoms with Crippen LogP contribution in [0.15, 0.2) is 12.7 Å². The number of carbonyl (C=O) groups is 1. The topological polar surface area (TPSA) is 55.8 Å². The fraction of sp³-hybridized carbons (Fsp3) is 0.500. The van der Waals surface area contributed by atoms with E-state index >= 15 is 0 Å². The fourth-order valence-electron chi connectivity index (χ4n) is 0.357. The highest BCUT2D eigenvalue weighted by molar-refractivity contribution is 5.81. The molecule has 1 N–H and O–H groups in total. The zero-order valence-electron chi connectivity index (χ0n) is 5.74. The average molecular weight is 146 g/mol. The Bertz CT molecular complexity index is 117. The maximum atomic E-state index is 10.4. The summed E-state index contributed by atoms with van der Waals surface area (Å²) in [6.07, 6.45) is 0.517. The molecule has 0 aromatic carbocycles. The van der Waals surface area contributed by atoms with Gasteiger partial charge in [0.2, 0.25) is 6.29 Å². The highest BCUT2D eigenvalue weighted by Gasteiger charge is 2.08. The summed E-state index contributed by atoms with van der Waals surface area (Å²) < 4.78 is 4.47. The summed E-state index contributed by atoms with van der Waals surface area (Å²) in [5.41, 5.74) is 0. The Kier molecular flexibility index (Phi) is 4.53. The lowest BCUT2D eigenvalue weighted by molar-refractivity contribution is -0.335. The Labute approximate surface area is 59.0 Å². The first-order valence-corrected chi connectivity index (χ1v) is 2.87. The molecule has 0 aliphatic carbocycles. The molecule has 0 fully saturated rings. The van der Waals surface area contributed by atoms with Gasteiger partial charge in [0.1, 0.15) is 0 Å². The normalized spacial score (nSPS) is 12.2. The van der Waals surface area contributed by atoms with Crippen molar-refractivity contribution in [2.45, 2.75) is 19.6 Å². The Hall–Kier alpha value is -0.870. The lowest BCUT2D eigenvalue weighted by Gasteiger charge is -2.09. The van der Waals surface area contributed by atoms with E-state index in [4.69, 9.17) is 5.26 Å². The molecule has 0 saturated heterocycles. The van der Waals surface area contributed by atoms with Gasteiger partial charge in [0.15, 0.2) is 0 Å². The minimum Gasteiger partial charge on any atom is -0.430 e. The minimum atomic E-state index is -0.884. The monoisotopic (exact) mass is 146 g/mol. The van der Waals surface area contributed by atoms with Crippen LogP contribution in [0.1, 0.15) is 13.3 Å². The van der Waals surface area contributed by atoms with Crippen LogP contribution in [-0.4, -0.2) is 17.5 Å². The van der Waals surface area contributed by atoms with Gasteiger partial charge in [0, 0.05) is 12.5 Å². The molecule has 0 amide bonds.